The second-order valence-corrected chi connectivity index (χ2v) is 7.42. The van der Waals surface area contributed by atoms with Crippen LogP contribution in [0.2, 0.25) is 0 Å². The molecule has 0 amide bonds. The van der Waals surface area contributed by atoms with Crippen molar-refractivity contribution in [1.82, 2.24) is 4.98 Å². The van der Waals surface area contributed by atoms with Crippen LogP contribution in [0.25, 0.3) is 0 Å². The van der Waals surface area contributed by atoms with E-state index < -0.39 is 21.1 Å². The number of thiazole rings is 1. The van der Waals surface area contributed by atoms with Gasteiger partial charge in [0.15, 0.2) is 9.84 Å². The summed E-state index contributed by atoms with van der Waals surface area (Å²) in [4.78, 5) is 14.4. The molecular weight excluding hydrogens is 262 g/mol. The molecule has 1 N–H and O–H groups in total. The summed E-state index contributed by atoms with van der Waals surface area (Å²) < 4.78 is 23.9. The van der Waals surface area contributed by atoms with Crippen LogP contribution in [-0.2, 0) is 15.6 Å². The van der Waals surface area contributed by atoms with Gasteiger partial charge in [0.1, 0.15) is 0 Å². The molecule has 1 heterocycles. The summed E-state index contributed by atoms with van der Waals surface area (Å²) in [6.45, 7) is 5.34. The summed E-state index contributed by atoms with van der Waals surface area (Å²) in [5.74, 6) is -1.30. The summed E-state index contributed by atoms with van der Waals surface area (Å²) in [6, 6.07) is 0. The highest BCUT2D eigenvalue weighted by molar-refractivity contribution is 7.91. The molecule has 0 radical (unpaired) electrons. The summed E-state index contributed by atoms with van der Waals surface area (Å²) in [7, 11) is -3.27. The van der Waals surface area contributed by atoms with Gasteiger partial charge in [-0.05, 0) is 12.8 Å². The van der Waals surface area contributed by atoms with Gasteiger partial charge < -0.3 is 5.11 Å². The van der Waals surface area contributed by atoms with E-state index in [1.165, 1.54) is 5.38 Å². The van der Waals surface area contributed by atoms with Crippen molar-refractivity contribution in [2.24, 2.45) is 5.92 Å². The van der Waals surface area contributed by atoms with Crippen molar-refractivity contribution >= 4 is 27.1 Å². The van der Waals surface area contributed by atoms with Crippen molar-refractivity contribution in [3.05, 3.63) is 16.1 Å². The summed E-state index contributed by atoms with van der Waals surface area (Å²) in [5, 5.41) is 9.64. The van der Waals surface area contributed by atoms with Crippen LogP contribution in [0.1, 0.15) is 36.3 Å². The largest absolute Gasteiger partial charge is 0.476 e. The predicted molar refractivity (Wildman–Crippen MR) is 66.0 cm³/mol. The maximum absolute atomic E-state index is 11.9. The molecular formula is C10H15NO4S2. The number of carbonyl (C=O) groups is 1. The van der Waals surface area contributed by atoms with Crippen molar-refractivity contribution in [2.75, 3.05) is 0 Å². The Hall–Kier alpha value is -0.950. The number of hydrogen-bond acceptors (Lipinski definition) is 5. The van der Waals surface area contributed by atoms with Crippen LogP contribution < -0.4 is 0 Å². The molecule has 0 bridgehead atoms. The van der Waals surface area contributed by atoms with E-state index in [0.29, 0.717) is 5.69 Å². The molecule has 1 aromatic rings. The zero-order chi connectivity index (χ0) is 13.2. The SMILES string of the molecule is CC(C)C(C)S(=O)(=O)Cc1csc(C(=O)O)n1. The standard InChI is InChI=1S/C10H15NO4S2/c1-6(2)7(3)17(14,15)5-8-4-16-9(11-8)10(12)13/h4,6-7H,5H2,1-3H3,(H,12,13). The fourth-order valence-electron chi connectivity index (χ4n) is 1.22. The van der Waals surface area contributed by atoms with Crippen molar-refractivity contribution in [3.8, 4) is 0 Å². The molecule has 1 atom stereocenters. The van der Waals surface area contributed by atoms with E-state index in [2.05, 4.69) is 4.98 Å². The van der Waals surface area contributed by atoms with E-state index in [1.807, 2.05) is 13.8 Å². The van der Waals surface area contributed by atoms with Crippen LogP contribution in [-0.4, -0.2) is 29.7 Å². The number of aromatic carboxylic acids is 1. The first-order valence-corrected chi connectivity index (χ1v) is 7.73. The Morgan fingerprint density at radius 2 is 2.06 bits per heavy atom. The first kappa shape index (κ1) is 14.1. The Kier molecular flexibility index (Phi) is 4.26. The molecule has 0 aliphatic carbocycles. The lowest BCUT2D eigenvalue weighted by molar-refractivity contribution is 0.0696. The fraction of sp³-hybridized carbons (Fsp3) is 0.600. The summed E-state index contributed by atoms with van der Waals surface area (Å²) >= 11 is 0.943. The van der Waals surface area contributed by atoms with Crippen LogP contribution >= 0.6 is 11.3 Å². The number of carboxylic acid groups (broad SMARTS) is 1. The van der Waals surface area contributed by atoms with Crippen LogP contribution in [0.4, 0.5) is 0 Å². The third-order valence-electron chi connectivity index (χ3n) is 2.59. The van der Waals surface area contributed by atoms with Gasteiger partial charge in [-0.25, -0.2) is 18.2 Å². The maximum Gasteiger partial charge on any atom is 0.365 e. The minimum atomic E-state index is -3.27. The number of sulfone groups is 1. The second kappa shape index (κ2) is 5.14. The van der Waals surface area contributed by atoms with Gasteiger partial charge in [0, 0.05) is 5.38 Å². The highest BCUT2D eigenvalue weighted by atomic mass is 32.2. The maximum atomic E-state index is 11.9. The van der Waals surface area contributed by atoms with Crippen molar-refractivity contribution < 1.29 is 18.3 Å². The van der Waals surface area contributed by atoms with Gasteiger partial charge >= 0.3 is 5.97 Å². The van der Waals surface area contributed by atoms with Crippen LogP contribution in [0.3, 0.4) is 0 Å². The monoisotopic (exact) mass is 277 g/mol. The Morgan fingerprint density at radius 3 is 2.47 bits per heavy atom. The van der Waals surface area contributed by atoms with Gasteiger partial charge in [-0.15, -0.1) is 11.3 Å². The lowest BCUT2D eigenvalue weighted by atomic mass is 10.2. The molecule has 1 aromatic heterocycles. The number of hydrogen-bond donors (Lipinski definition) is 1. The van der Waals surface area contributed by atoms with Gasteiger partial charge in [0.2, 0.25) is 5.01 Å². The van der Waals surface area contributed by atoms with Crippen LogP contribution in [0.5, 0.6) is 0 Å². The van der Waals surface area contributed by atoms with E-state index in [-0.39, 0.29) is 16.7 Å². The minimum absolute atomic E-state index is 0.0255. The molecule has 0 aliphatic heterocycles. The molecule has 0 saturated heterocycles. The number of aromatic nitrogens is 1. The van der Waals surface area contributed by atoms with Gasteiger partial charge in [-0.3, -0.25) is 0 Å². The van der Waals surface area contributed by atoms with E-state index >= 15 is 0 Å². The summed E-state index contributed by atoms with van der Waals surface area (Å²) in [5.41, 5.74) is 0.305. The molecule has 7 heteroatoms. The molecule has 0 saturated carbocycles. The average molecular weight is 277 g/mol. The Bertz CT molecular complexity index is 504. The van der Waals surface area contributed by atoms with E-state index in [1.54, 1.807) is 6.92 Å². The molecule has 0 aromatic carbocycles. The zero-order valence-corrected chi connectivity index (χ0v) is 11.5. The second-order valence-electron chi connectivity index (χ2n) is 4.21. The lowest BCUT2D eigenvalue weighted by Crippen LogP contribution is -2.25. The van der Waals surface area contributed by atoms with Crippen LogP contribution in [0, 0.1) is 5.92 Å². The molecule has 17 heavy (non-hydrogen) atoms. The molecule has 1 unspecified atom stereocenters. The highest BCUT2D eigenvalue weighted by Crippen LogP contribution is 2.18. The van der Waals surface area contributed by atoms with Crippen molar-refractivity contribution in [3.63, 3.8) is 0 Å². The van der Waals surface area contributed by atoms with E-state index in [4.69, 9.17) is 5.11 Å². The van der Waals surface area contributed by atoms with Crippen LogP contribution in [0.15, 0.2) is 5.38 Å². The first-order valence-electron chi connectivity index (χ1n) is 5.13. The molecule has 0 spiro atoms. The minimum Gasteiger partial charge on any atom is -0.476 e. The van der Waals surface area contributed by atoms with Gasteiger partial charge in [0.05, 0.1) is 16.7 Å². The fourth-order valence-corrected chi connectivity index (χ4v) is 3.64. The molecule has 5 nitrogen and oxygen atoms in total. The molecule has 1 rings (SSSR count). The predicted octanol–water partition coefficient (Wildman–Crippen LogP) is 1.80. The average Bonchev–Trinajstić information content (AvgIpc) is 2.64. The van der Waals surface area contributed by atoms with Gasteiger partial charge in [0.25, 0.3) is 0 Å². The highest BCUT2D eigenvalue weighted by Gasteiger charge is 2.25. The Labute approximate surface area is 104 Å². The number of carboxylic acids is 1. The lowest BCUT2D eigenvalue weighted by Gasteiger charge is -2.15. The third kappa shape index (κ3) is 3.50. The van der Waals surface area contributed by atoms with Gasteiger partial charge in [-0.2, -0.15) is 0 Å². The van der Waals surface area contributed by atoms with Gasteiger partial charge in [-0.1, -0.05) is 13.8 Å². The first-order chi connectivity index (χ1) is 7.74. The van der Waals surface area contributed by atoms with E-state index in [9.17, 15) is 13.2 Å². The topological polar surface area (TPSA) is 84.3 Å². The molecule has 0 aliphatic rings. The normalized spacial score (nSPS) is 13.9. The smallest absolute Gasteiger partial charge is 0.365 e. The van der Waals surface area contributed by atoms with Crippen molar-refractivity contribution in [2.45, 2.75) is 31.8 Å². The zero-order valence-electron chi connectivity index (χ0n) is 9.87. The molecule has 96 valence electrons. The Morgan fingerprint density at radius 1 is 1.47 bits per heavy atom. The quantitative estimate of drug-likeness (QED) is 0.887. The number of rotatable bonds is 5. The van der Waals surface area contributed by atoms with E-state index in [0.717, 1.165) is 11.3 Å². The van der Waals surface area contributed by atoms with Crippen molar-refractivity contribution in [1.29, 1.82) is 0 Å². The number of nitrogens with zero attached hydrogens (tertiary/aromatic N) is 1. The summed E-state index contributed by atoms with van der Waals surface area (Å²) in [6.07, 6.45) is 0. The third-order valence-corrected chi connectivity index (χ3v) is 5.84. The Balaban J connectivity index is 2.87. The molecule has 0 fully saturated rings.